The fraction of sp³-hybridized carbons (Fsp3) is 0.538. The lowest BCUT2D eigenvalue weighted by Gasteiger charge is -2.28. The van der Waals surface area contributed by atoms with Gasteiger partial charge < -0.3 is 9.47 Å². The maximum Gasteiger partial charge on any atom is 0.432 e. The van der Waals surface area contributed by atoms with Crippen LogP contribution >= 0.6 is 0 Å². The van der Waals surface area contributed by atoms with Crippen LogP contribution in [0.15, 0.2) is 30.5 Å². The second-order valence-electron chi connectivity index (χ2n) is 3.63. The fourth-order valence-corrected chi connectivity index (χ4v) is 1.18. The zero-order valence-electron chi connectivity index (χ0n) is 10.9. The molecule has 0 aliphatic rings. The summed E-state index contributed by atoms with van der Waals surface area (Å²) in [6.45, 7) is 4.68. The van der Waals surface area contributed by atoms with Crippen LogP contribution < -0.4 is 0 Å². The summed E-state index contributed by atoms with van der Waals surface area (Å²) in [5.74, 6) is -1.54. The average Bonchev–Trinajstić information content (AvgIpc) is 2.35. The molecule has 0 radical (unpaired) electrons. The van der Waals surface area contributed by atoms with E-state index in [4.69, 9.17) is 0 Å². The molecular formula is C13H17F3O3. The van der Waals surface area contributed by atoms with E-state index >= 15 is 0 Å². The van der Waals surface area contributed by atoms with Crippen molar-refractivity contribution in [3.05, 3.63) is 30.5 Å². The Labute approximate surface area is 110 Å². The van der Waals surface area contributed by atoms with Gasteiger partial charge in [-0.3, -0.25) is 0 Å². The zero-order chi connectivity index (χ0) is 14.9. The van der Waals surface area contributed by atoms with Crippen LogP contribution in [0.3, 0.4) is 0 Å². The highest BCUT2D eigenvalue weighted by atomic mass is 19.4. The Balaban J connectivity index is 5.55. The maximum absolute atomic E-state index is 13.1. The second kappa shape index (κ2) is 7.81. The number of esters is 1. The van der Waals surface area contributed by atoms with Gasteiger partial charge in [0.15, 0.2) is 0 Å². The normalized spacial score (nSPS) is 13.9. The molecule has 0 saturated carbocycles. The molecule has 0 fully saturated rings. The number of hydrogen-bond acceptors (Lipinski definition) is 3. The van der Waals surface area contributed by atoms with Crippen LogP contribution in [0.5, 0.6) is 0 Å². The molecule has 0 aliphatic carbocycles. The third kappa shape index (κ3) is 4.58. The molecule has 0 aromatic carbocycles. The Morgan fingerprint density at radius 3 is 2.47 bits per heavy atom. The lowest BCUT2D eigenvalue weighted by Crippen LogP contribution is -2.53. The molecule has 19 heavy (non-hydrogen) atoms. The molecule has 0 aliphatic heterocycles. The minimum absolute atomic E-state index is 0.444. The largest absolute Gasteiger partial charge is 0.466 e. The van der Waals surface area contributed by atoms with E-state index in [-0.39, 0.29) is 0 Å². The number of alkyl halides is 3. The Morgan fingerprint density at radius 1 is 1.42 bits per heavy atom. The number of ether oxygens (including phenoxy) is 2. The first-order valence-electron chi connectivity index (χ1n) is 5.67. The quantitative estimate of drug-likeness (QED) is 0.407. The van der Waals surface area contributed by atoms with E-state index in [1.807, 2.05) is 6.92 Å². The van der Waals surface area contributed by atoms with Gasteiger partial charge in [-0.1, -0.05) is 19.4 Å². The van der Waals surface area contributed by atoms with Crippen LogP contribution in [0.4, 0.5) is 13.2 Å². The highest BCUT2D eigenvalue weighted by Gasteiger charge is 2.61. The molecule has 0 amide bonds. The molecule has 0 spiro atoms. The van der Waals surface area contributed by atoms with E-state index in [9.17, 15) is 18.0 Å². The first kappa shape index (κ1) is 17.5. The lowest BCUT2D eigenvalue weighted by molar-refractivity contribution is -0.256. The number of unbranched alkanes of at least 4 members (excludes halogenated alkanes) is 1. The zero-order valence-corrected chi connectivity index (χ0v) is 10.9. The lowest BCUT2D eigenvalue weighted by atomic mass is 10.0. The van der Waals surface area contributed by atoms with Crippen LogP contribution in [-0.2, 0) is 14.3 Å². The Bertz CT molecular complexity index is 368. The van der Waals surface area contributed by atoms with E-state index in [1.54, 1.807) is 0 Å². The van der Waals surface area contributed by atoms with Gasteiger partial charge in [0.05, 0.1) is 13.7 Å². The molecule has 0 saturated heterocycles. The third-order valence-electron chi connectivity index (χ3n) is 2.18. The molecule has 0 unspecified atom stereocenters. The van der Waals surface area contributed by atoms with Gasteiger partial charge in [0.1, 0.15) is 0 Å². The molecule has 1 atom stereocenters. The SMILES string of the molecule is C=CCO[C@@](C=C=CCCC)(C(=O)OC)C(F)(F)F. The van der Waals surface area contributed by atoms with Crippen molar-refractivity contribution < 1.29 is 27.4 Å². The average molecular weight is 278 g/mol. The summed E-state index contributed by atoms with van der Waals surface area (Å²) in [6.07, 6.45) is -0.583. The number of rotatable bonds is 7. The highest BCUT2D eigenvalue weighted by Crippen LogP contribution is 2.36. The first-order chi connectivity index (χ1) is 8.85. The van der Waals surface area contributed by atoms with E-state index < -0.39 is 24.4 Å². The highest BCUT2D eigenvalue weighted by molar-refractivity contribution is 5.83. The van der Waals surface area contributed by atoms with Crippen molar-refractivity contribution in [3.8, 4) is 0 Å². The predicted molar refractivity (Wildman–Crippen MR) is 64.5 cm³/mol. The van der Waals surface area contributed by atoms with Crippen LogP contribution in [0.25, 0.3) is 0 Å². The Morgan fingerprint density at radius 2 is 2.05 bits per heavy atom. The van der Waals surface area contributed by atoms with Crippen molar-refractivity contribution in [2.45, 2.75) is 31.5 Å². The molecule has 108 valence electrons. The van der Waals surface area contributed by atoms with Crippen molar-refractivity contribution >= 4 is 5.97 Å². The van der Waals surface area contributed by atoms with Gasteiger partial charge in [-0.2, -0.15) is 13.2 Å². The Hall–Kier alpha value is -1.52. The van der Waals surface area contributed by atoms with Gasteiger partial charge in [0, 0.05) is 6.08 Å². The number of carbonyl (C=O) groups excluding carboxylic acids is 1. The minimum atomic E-state index is -4.95. The minimum Gasteiger partial charge on any atom is -0.466 e. The van der Waals surface area contributed by atoms with Crippen molar-refractivity contribution in [1.82, 2.24) is 0 Å². The summed E-state index contributed by atoms with van der Waals surface area (Å²) in [5, 5.41) is 0. The smallest absolute Gasteiger partial charge is 0.432 e. The van der Waals surface area contributed by atoms with Gasteiger partial charge in [0.2, 0.25) is 0 Å². The second-order valence-corrected chi connectivity index (χ2v) is 3.63. The topological polar surface area (TPSA) is 35.5 Å². The number of methoxy groups -OCH3 is 1. The molecule has 0 aromatic heterocycles. The summed E-state index contributed by atoms with van der Waals surface area (Å²) < 4.78 is 48.1. The van der Waals surface area contributed by atoms with E-state index in [2.05, 4.69) is 21.8 Å². The van der Waals surface area contributed by atoms with Crippen LogP contribution in [0.2, 0.25) is 0 Å². The third-order valence-corrected chi connectivity index (χ3v) is 2.18. The number of hydrogen-bond donors (Lipinski definition) is 0. The Kier molecular flexibility index (Phi) is 7.19. The standard InChI is InChI=1S/C13H17F3O3/c1-4-6-7-8-9-12(11(17)18-3,13(14,15)16)19-10-5-2/h5,7,9H,2,4,6,10H2,1,3H3/t8?,12-/m0/s1. The number of carbonyl (C=O) groups is 1. The van der Waals surface area contributed by atoms with Crippen molar-refractivity contribution in [3.63, 3.8) is 0 Å². The maximum atomic E-state index is 13.1. The molecule has 0 heterocycles. The van der Waals surface area contributed by atoms with Crippen LogP contribution in [0, 0.1) is 0 Å². The molecule has 3 nitrogen and oxygen atoms in total. The summed E-state index contributed by atoms with van der Waals surface area (Å²) in [7, 11) is 0.865. The number of halogens is 3. The van der Waals surface area contributed by atoms with Gasteiger partial charge in [-0.05, 0) is 12.5 Å². The van der Waals surface area contributed by atoms with Gasteiger partial charge in [-0.25, -0.2) is 4.79 Å². The van der Waals surface area contributed by atoms with Gasteiger partial charge in [-0.15, -0.1) is 12.3 Å². The van der Waals surface area contributed by atoms with Gasteiger partial charge >= 0.3 is 12.1 Å². The summed E-state index contributed by atoms with van der Waals surface area (Å²) in [4.78, 5) is 11.5. The van der Waals surface area contributed by atoms with Crippen molar-refractivity contribution in [2.75, 3.05) is 13.7 Å². The van der Waals surface area contributed by atoms with E-state index in [0.717, 1.165) is 19.6 Å². The first-order valence-corrected chi connectivity index (χ1v) is 5.67. The molecule has 0 bridgehead atoms. The molecule has 0 rings (SSSR count). The van der Waals surface area contributed by atoms with Crippen LogP contribution in [-0.4, -0.2) is 31.5 Å². The van der Waals surface area contributed by atoms with E-state index in [0.29, 0.717) is 12.5 Å². The molecule has 0 aromatic rings. The predicted octanol–water partition coefficient (Wildman–Crippen LogP) is 3.17. The summed E-state index contributed by atoms with van der Waals surface area (Å²) in [5.41, 5.74) is -0.825. The summed E-state index contributed by atoms with van der Waals surface area (Å²) >= 11 is 0. The van der Waals surface area contributed by atoms with Crippen molar-refractivity contribution in [1.29, 1.82) is 0 Å². The molecule has 6 heteroatoms. The van der Waals surface area contributed by atoms with E-state index in [1.165, 1.54) is 6.08 Å². The fourth-order valence-electron chi connectivity index (χ4n) is 1.18. The van der Waals surface area contributed by atoms with Crippen molar-refractivity contribution in [2.24, 2.45) is 0 Å². The summed E-state index contributed by atoms with van der Waals surface area (Å²) in [6, 6.07) is 0. The van der Waals surface area contributed by atoms with Gasteiger partial charge in [0.25, 0.3) is 5.60 Å². The molecular weight excluding hydrogens is 261 g/mol. The van der Waals surface area contributed by atoms with Crippen LogP contribution in [0.1, 0.15) is 19.8 Å². The molecule has 0 N–H and O–H groups in total. The monoisotopic (exact) mass is 278 g/mol.